The fourth-order valence-electron chi connectivity index (χ4n) is 3.59. The van der Waals surface area contributed by atoms with Crippen molar-refractivity contribution in [2.75, 3.05) is 39.5 Å². The van der Waals surface area contributed by atoms with Gasteiger partial charge in [0.2, 0.25) is 10.0 Å². The molecule has 1 unspecified atom stereocenters. The third-order valence-corrected chi connectivity index (χ3v) is 8.27. The monoisotopic (exact) mass is 517 g/mol. The molecule has 0 spiro atoms. The average molecular weight is 518 g/mol. The van der Waals surface area contributed by atoms with E-state index in [0.717, 1.165) is 9.21 Å². The van der Waals surface area contributed by atoms with E-state index in [1.165, 1.54) is 11.9 Å². The highest BCUT2D eigenvalue weighted by Gasteiger charge is 2.48. The van der Waals surface area contributed by atoms with Gasteiger partial charge in [0.1, 0.15) is 17.9 Å². The molecule has 0 aliphatic carbocycles. The minimum Gasteiger partial charge on any atom is -0.492 e. The predicted octanol–water partition coefficient (Wildman–Crippen LogP) is 2.52. The number of halogens is 1. The van der Waals surface area contributed by atoms with Crippen molar-refractivity contribution in [3.05, 3.63) is 29.3 Å². The van der Waals surface area contributed by atoms with Crippen molar-refractivity contribution >= 4 is 39.5 Å². The minimum absolute atomic E-state index is 0.0863. The number of hydrogen-bond donors (Lipinski definition) is 1. The molecule has 0 bridgehead atoms. The minimum atomic E-state index is -3.75. The number of likely N-dealkylation sites (N-methyl/N-ethyl adjacent to an activating group) is 2. The van der Waals surface area contributed by atoms with Gasteiger partial charge in [-0.2, -0.15) is 0 Å². The molecule has 1 saturated heterocycles. The Balaban J connectivity index is 1.90. The SMILES string of the molecule is CN1C(=O)N(CCCC(CC(=O)O)CS(=O)(=O)N(C)CCOc2ccc(Cl)cc2)C(=O)C1(C)C. The largest absolute Gasteiger partial charge is 0.492 e. The Hall–Kier alpha value is -2.37. The maximum atomic E-state index is 12.8. The smallest absolute Gasteiger partial charge is 0.327 e. The van der Waals surface area contributed by atoms with Crippen LogP contribution in [0.1, 0.15) is 33.1 Å². The van der Waals surface area contributed by atoms with Gasteiger partial charge in [-0.25, -0.2) is 17.5 Å². The molecule has 0 radical (unpaired) electrons. The number of benzene rings is 1. The summed E-state index contributed by atoms with van der Waals surface area (Å²) in [6.45, 7) is 3.61. The Bertz CT molecular complexity index is 998. The first-order valence-corrected chi connectivity index (χ1v) is 12.9. The number of urea groups is 1. The van der Waals surface area contributed by atoms with Gasteiger partial charge in [-0.05, 0) is 56.9 Å². The second kappa shape index (κ2) is 11.4. The van der Waals surface area contributed by atoms with Crippen LogP contribution in [0.4, 0.5) is 4.79 Å². The molecule has 1 aliphatic heterocycles. The summed E-state index contributed by atoms with van der Waals surface area (Å²) in [7, 11) is -0.789. The lowest BCUT2D eigenvalue weighted by molar-refractivity contribution is -0.138. The number of ether oxygens (including phenoxy) is 1. The lowest BCUT2D eigenvalue weighted by atomic mass is 10.0. The van der Waals surface area contributed by atoms with Gasteiger partial charge in [0.25, 0.3) is 5.91 Å². The van der Waals surface area contributed by atoms with E-state index < -0.39 is 33.5 Å². The van der Waals surface area contributed by atoms with Crippen LogP contribution in [0.5, 0.6) is 5.75 Å². The Morgan fingerprint density at radius 3 is 2.38 bits per heavy atom. The molecule has 0 aromatic heterocycles. The number of carboxylic acid groups (broad SMARTS) is 1. The molecule has 1 aromatic carbocycles. The third-order valence-electron chi connectivity index (χ3n) is 5.99. The Morgan fingerprint density at radius 1 is 1.24 bits per heavy atom. The Kier molecular flexibility index (Phi) is 9.32. The summed E-state index contributed by atoms with van der Waals surface area (Å²) in [4.78, 5) is 38.6. The van der Waals surface area contributed by atoms with Crippen LogP contribution in [0.25, 0.3) is 0 Å². The molecule has 1 aliphatic rings. The molecular weight excluding hydrogens is 486 g/mol. The zero-order valence-corrected chi connectivity index (χ0v) is 21.4. The predicted molar refractivity (Wildman–Crippen MR) is 127 cm³/mol. The van der Waals surface area contributed by atoms with Crippen LogP contribution in [-0.4, -0.2) is 90.6 Å². The summed E-state index contributed by atoms with van der Waals surface area (Å²) in [5.41, 5.74) is -0.947. The second-order valence-electron chi connectivity index (χ2n) is 8.87. The van der Waals surface area contributed by atoms with Crippen molar-refractivity contribution in [3.63, 3.8) is 0 Å². The van der Waals surface area contributed by atoms with E-state index in [-0.39, 0.29) is 44.2 Å². The van der Waals surface area contributed by atoms with Crippen LogP contribution in [0, 0.1) is 5.92 Å². The highest BCUT2D eigenvalue weighted by molar-refractivity contribution is 7.89. The van der Waals surface area contributed by atoms with Crippen LogP contribution in [0.2, 0.25) is 5.02 Å². The van der Waals surface area contributed by atoms with Crippen molar-refractivity contribution < 1.29 is 32.6 Å². The van der Waals surface area contributed by atoms with Crippen molar-refractivity contribution in [1.82, 2.24) is 14.1 Å². The summed E-state index contributed by atoms with van der Waals surface area (Å²) in [6.07, 6.45) is 0.210. The Labute approximate surface area is 205 Å². The van der Waals surface area contributed by atoms with Crippen LogP contribution >= 0.6 is 11.6 Å². The highest BCUT2D eigenvalue weighted by Crippen LogP contribution is 2.26. The fourth-order valence-corrected chi connectivity index (χ4v) is 5.21. The van der Waals surface area contributed by atoms with Crippen LogP contribution in [-0.2, 0) is 19.6 Å². The molecule has 1 N–H and O–H groups in total. The molecule has 190 valence electrons. The molecule has 1 aromatic rings. The number of carbonyl (C=O) groups is 3. The summed E-state index contributed by atoms with van der Waals surface area (Å²) in [6, 6.07) is 6.26. The molecule has 2 rings (SSSR count). The lowest BCUT2D eigenvalue weighted by Crippen LogP contribution is -2.41. The summed E-state index contributed by atoms with van der Waals surface area (Å²) < 4.78 is 32.3. The zero-order valence-electron chi connectivity index (χ0n) is 19.9. The number of carboxylic acids is 1. The van der Waals surface area contributed by atoms with Gasteiger partial charge in [0.05, 0.1) is 5.75 Å². The van der Waals surface area contributed by atoms with E-state index in [4.69, 9.17) is 16.3 Å². The van der Waals surface area contributed by atoms with Crippen molar-refractivity contribution in [1.29, 1.82) is 0 Å². The van der Waals surface area contributed by atoms with Crippen molar-refractivity contribution in [2.45, 2.75) is 38.6 Å². The topological polar surface area (TPSA) is 125 Å². The number of rotatable bonds is 13. The normalized spacial score (nSPS) is 16.9. The first kappa shape index (κ1) is 27.9. The molecule has 0 saturated carbocycles. The second-order valence-corrected chi connectivity index (χ2v) is 11.4. The van der Waals surface area contributed by atoms with Gasteiger partial charge in [-0.1, -0.05) is 11.6 Å². The van der Waals surface area contributed by atoms with E-state index >= 15 is 0 Å². The maximum absolute atomic E-state index is 12.8. The molecule has 1 atom stereocenters. The van der Waals surface area contributed by atoms with Gasteiger partial charge in [0, 0.05) is 38.6 Å². The first-order valence-electron chi connectivity index (χ1n) is 10.9. The molecule has 1 fully saturated rings. The van der Waals surface area contributed by atoms with Gasteiger partial charge < -0.3 is 14.7 Å². The highest BCUT2D eigenvalue weighted by atomic mass is 35.5. The van der Waals surface area contributed by atoms with Crippen molar-refractivity contribution in [2.24, 2.45) is 5.92 Å². The van der Waals surface area contributed by atoms with E-state index in [2.05, 4.69) is 0 Å². The maximum Gasteiger partial charge on any atom is 0.327 e. The molecule has 12 heteroatoms. The summed E-state index contributed by atoms with van der Waals surface area (Å²) >= 11 is 5.82. The number of hydrogen-bond acceptors (Lipinski definition) is 6. The van der Waals surface area contributed by atoms with Gasteiger partial charge in [0.15, 0.2) is 0 Å². The van der Waals surface area contributed by atoms with Crippen LogP contribution in [0.3, 0.4) is 0 Å². The fraction of sp³-hybridized carbons (Fsp3) is 0.591. The Morgan fingerprint density at radius 2 is 1.85 bits per heavy atom. The molecule has 3 amide bonds. The van der Waals surface area contributed by atoms with Gasteiger partial charge in [-0.15, -0.1) is 0 Å². The first-order chi connectivity index (χ1) is 15.8. The van der Waals surface area contributed by atoms with Crippen molar-refractivity contribution in [3.8, 4) is 5.75 Å². The quantitative estimate of drug-likeness (QED) is 0.398. The van der Waals surface area contributed by atoms with E-state index in [1.807, 2.05) is 0 Å². The molecular formula is C22H32ClN3O7S. The molecule has 34 heavy (non-hydrogen) atoms. The lowest BCUT2D eigenvalue weighted by Gasteiger charge is -2.22. The molecule has 1 heterocycles. The number of carbonyl (C=O) groups excluding carboxylic acids is 2. The standard InChI is InChI=1S/C22H32ClN3O7S/c1-22(2)20(29)26(21(30)25(22)4)11-5-6-16(14-19(27)28)15-34(31,32)24(3)12-13-33-18-9-7-17(23)8-10-18/h7-10,16H,5-6,11-15H2,1-4H3,(H,27,28). The summed E-state index contributed by atoms with van der Waals surface area (Å²) in [5.74, 6) is -1.91. The van der Waals surface area contributed by atoms with Crippen LogP contribution in [0.15, 0.2) is 24.3 Å². The molecule has 10 nitrogen and oxygen atoms in total. The van der Waals surface area contributed by atoms with Crippen LogP contribution < -0.4 is 4.74 Å². The average Bonchev–Trinajstić information content (AvgIpc) is 2.89. The van der Waals surface area contributed by atoms with Gasteiger partial charge in [-0.3, -0.25) is 14.5 Å². The summed E-state index contributed by atoms with van der Waals surface area (Å²) in [5, 5.41) is 9.80. The number of aliphatic carboxylic acids is 1. The number of sulfonamides is 1. The van der Waals surface area contributed by atoms with E-state index in [1.54, 1.807) is 45.2 Å². The number of amides is 3. The zero-order chi connectivity index (χ0) is 25.7. The third kappa shape index (κ3) is 7.07. The number of imide groups is 1. The van der Waals surface area contributed by atoms with E-state index in [9.17, 15) is 27.9 Å². The number of nitrogens with zero attached hydrogens (tertiary/aromatic N) is 3. The van der Waals surface area contributed by atoms with E-state index in [0.29, 0.717) is 17.2 Å². The van der Waals surface area contributed by atoms with Gasteiger partial charge >= 0.3 is 12.0 Å².